The molecular weight excluding hydrogens is 236 g/mol. The number of carbonyl (C=O) groups is 1. The van der Waals surface area contributed by atoms with Crippen molar-refractivity contribution in [3.8, 4) is 0 Å². The van der Waals surface area contributed by atoms with Crippen LogP contribution in [0.15, 0.2) is 22.1 Å². The highest BCUT2D eigenvalue weighted by atomic mass is 32.1. The van der Waals surface area contributed by atoms with Gasteiger partial charge in [0.05, 0.1) is 5.69 Å². The van der Waals surface area contributed by atoms with Gasteiger partial charge in [0.2, 0.25) is 0 Å². The van der Waals surface area contributed by atoms with Crippen LogP contribution in [0.1, 0.15) is 40.0 Å². The molecule has 2 heterocycles. The molecule has 0 spiro atoms. The van der Waals surface area contributed by atoms with Gasteiger partial charge in [-0.2, -0.15) is 0 Å². The van der Waals surface area contributed by atoms with Gasteiger partial charge in [0.25, 0.3) is 5.91 Å². The number of oxazole rings is 1. The molecule has 4 nitrogen and oxygen atoms in total. The van der Waals surface area contributed by atoms with Gasteiger partial charge in [0.15, 0.2) is 11.6 Å². The molecule has 1 amide bonds. The van der Waals surface area contributed by atoms with Crippen LogP contribution in [-0.4, -0.2) is 10.9 Å². The quantitative estimate of drug-likeness (QED) is 0.907. The Kier molecular flexibility index (Phi) is 2.48. The van der Waals surface area contributed by atoms with Crippen LogP contribution in [0.25, 0.3) is 0 Å². The maximum absolute atomic E-state index is 11.9. The van der Waals surface area contributed by atoms with Crippen molar-refractivity contribution in [2.45, 2.75) is 25.7 Å². The van der Waals surface area contributed by atoms with E-state index in [1.807, 2.05) is 18.4 Å². The number of hydrogen-bond acceptors (Lipinski definition) is 4. The molecule has 0 radical (unpaired) electrons. The lowest BCUT2D eigenvalue weighted by Gasteiger charge is -1.97. The second kappa shape index (κ2) is 4.00. The smallest absolute Gasteiger partial charge is 0.277 e. The molecule has 17 heavy (non-hydrogen) atoms. The zero-order chi connectivity index (χ0) is 11.8. The van der Waals surface area contributed by atoms with Gasteiger partial charge in [-0.25, -0.2) is 4.98 Å². The Morgan fingerprint density at radius 3 is 3.06 bits per heavy atom. The maximum Gasteiger partial charge on any atom is 0.277 e. The number of nitrogens with one attached hydrogen (secondary N) is 1. The van der Waals surface area contributed by atoms with Crippen LogP contribution in [0.4, 0.5) is 5.69 Å². The average molecular weight is 248 g/mol. The predicted molar refractivity (Wildman–Crippen MR) is 65.5 cm³/mol. The molecule has 1 fully saturated rings. The number of carbonyl (C=O) groups excluding carboxylic acids is 1. The fourth-order valence-electron chi connectivity index (χ4n) is 1.61. The molecule has 3 rings (SSSR count). The molecule has 5 heteroatoms. The first-order chi connectivity index (χ1) is 8.22. The maximum atomic E-state index is 11.9. The second-order valence-corrected chi connectivity index (χ2v) is 5.36. The number of amides is 1. The van der Waals surface area contributed by atoms with Crippen LogP contribution in [-0.2, 0) is 0 Å². The van der Waals surface area contributed by atoms with Gasteiger partial charge in [0, 0.05) is 16.2 Å². The predicted octanol–water partition coefficient (Wildman–Crippen LogP) is 3.17. The number of aromatic nitrogens is 1. The summed E-state index contributed by atoms with van der Waals surface area (Å²) in [5, 5.41) is 4.71. The molecule has 0 aliphatic heterocycles. The van der Waals surface area contributed by atoms with Crippen LogP contribution in [0.5, 0.6) is 0 Å². The highest BCUT2D eigenvalue weighted by Crippen LogP contribution is 2.39. The molecule has 1 aliphatic carbocycles. The van der Waals surface area contributed by atoms with Crippen LogP contribution in [0.2, 0.25) is 0 Å². The van der Waals surface area contributed by atoms with E-state index in [2.05, 4.69) is 10.3 Å². The van der Waals surface area contributed by atoms with Crippen LogP contribution >= 0.6 is 11.3 Å². The SMILES string of the molecule is Cc1cc(NC(=O)c2coc(C3CC3)n2)cs1. The molecule has 2 aromatic rings. The summed E-state index contributed by atoms with van der Waals surface area (Å²) in [4.78, 5) is 17.2. The lowest BCUT2D eigenvalue weighted by molar-refractivity contribution is 0.102. The zero-order valence-corrected chi connectivity index (χ0v) is 10.2. The Morgan fingerprint density at radius 2 is 2.41 bits per heavy atom. The van der Waals surface area contributed by atoms with Crippen molar-refractivity contribution in [3.63, 3.8) is 0 Å². The van der Waals surface area contributed by atoms with Crippen molar-refractivity contribution < 1.29 is 9.21 Å². The molecule has 1 saturated carbocycles. The fraction of sp³-hybridized carbons (Fsp3) is 0.333. The summed E-state index contributed by atoms with van der Waals surface area (Å²) in [6.07, 6.45) is 3.67. The second-order valence-electron chi connectivity index (χ2n) is 4.25. The molecular formula is C12H12N2O2S. The summed E-state index contributed by atoms with van der Waals surface area (Å²) in [5.41, 5.74) is 1.17. The zero-order valence-electron chi connectivity index (χ0n) is 9.40. The lowest BCUT2D eigenvalue weighted by Crippen LogP contribution is -2.11. The molecule has 0 aromatic carbocycles. The third-order valence-corrected chi connectivity index (χ3v) is 3.53. The van der Waals surface area contributed by atoms with Gasteiger partial charge in [-0.15, -0.1) is 11.3 Å². The van der Waals surface area contributed by atoms with Crippen molar-refractivity contribution in [1.82, 2.24) is 4.98 Å². The van der Waals surface area contributed by atoms with E-state index in [4.69, 9.17) is 4.42 Å². The highest BCUT2D eigenvalue weighted by molar-refractivity contribution is 7.10. The molecule has 0 unspecified atom stereocenters. The summed E-state index contributed by atoms with van der Waals surface area (Å²) >= 11 is 1.60. The van der Waals surface area contributed by atoms with Crippen LogP contribution in [0, 0.1) is 6.92 Å². The number of thiophene rings is 1. The minimum Gasteiger partial charge on any atom is -0.448 e. The monoisotopic (exact) mass is 248 g/mol. The van der Waals surface area contributed by atoms with E-state index < -0.39 is 0 Å². The summed E-state index contributed by atoms with van der Waals surface area (Å²) in [7, 11) is 0. The minimum absolute atomic E-state index is 0.210. The van der Waals surface area contributed by atoms with Gasteiger partial charge in [-0.1, -0.05) is 0 Å². The van der Waals surface area contributed by atoms with Crippen molar-refractivity contribution in [2.75, 3.05) is 5.32 Å². The van der Waals surface area contributed by atoms with Crippen molar-refractivity contribution >= 4 is 22.9 Å². The number of nitrogens with zero attached hydrogens (tertiary/aromatic N) is 1. The molecule has 0 bridgehead atoms. The number of anilines is 1. The Balaban J connectivity index is 1.72. The number of rotatable bonds is 3. The van der Waals surface area contributed by atoms with Crippen molar-refractivity contribution in [3.05, 3.63) is 34.2 Å². The molecule has 2 aromatic heterocycles. The normalized spacial score (nSPS) is 14.9. The molecule has 1 aliphatic rings. The first-order valence-corrected chi connectivity index (χ1v) is 6.42. The first kappa shape index (κ1) is 10.5. The Labute approximate surface area is 103 Å². The third-order valence-electron chi connectivity index (χ3n) is 2.67. The van der Waals surface area contributed by atoms with Gasteiger partial charge < -0.3 is 9.73 Å². The van der Waals surface area contributed by atoms with E-state index in [-0.39, 0.29) is 5.91 Å². The Morgan fingerprint density at radius 1 is 1.59 bits per heavy atom. The summed E-state index contributed by atoms with van der Waals surface area (Å²) in [6.45, 7) is 2.00. The fourth-order valence-corrected chi connectivity index (χ4v) is 2.25. The summed E-state index contributed by atoms with van der Waals surface area (Å²) < 4.78 is 5.28. The number of hydrogen-bond donors (Lipinski definition) is 1. The molecule has 0 atom stereocenters. The van der Waals surface area contributed by atoms with E-state index in [0.29, 0.717) is 17.5 Å². The van der Waals surface area contributed by atoms with Gasteiger partial charge in [0.1, 0.15) is 6.26 Å². The third kappa shape index (κ3) is 2.24. The van der Waals surface area contributed by atoms with E-state index in [9.17, 15) is 4.79 Å². The van der Waals surface area contributed by atoms with Crippen molar-refractivity contribution in [1.29, 1.82) is 0 Å². The standard InChI is InChI=1S/C12H12N2O2S/c1-7-4-9(6-17-7)13-11(15)10-5-16-12(14-10)8-2-3-8/h4-6,8H,2-3H2,1H3,(H,13,15). The van der Waals surface area contributed by atoms with Crippen LogP contribution in [0.3, 0.4) is 0 Å². The lowest BCUT2D eigenvalue weighted by atomic mass is 10.4. The van der Waals surface area contributed by atoms with E-state index in [1.165, 1.54) is 11.1 Å². The van der Waals surface area contributed by atoms with E-state index in [0.717, 1.165) is 18.5 Å². The topological polar surface area (TPSA) is 55.1 Å². The van der Waals surface area contributed by atoms with E-state index in [1.54, 1.807) is 11.3 Å². The molecule has 1 N–H and O–H groups in total. The van der Waals surface area contributed by atoms with Gasteiger partial charge >= 0.3 is 0 Å². The molecule has 88 valence electrons. The summed E-state index contributed by atoms with van der Waals surface area (Å²) in [5.74, 6) is 0.912. The minimum atomic E-state index is -0.210. The average Bonchev–Trinajstić information content (AvgIpc) is 2.88. The van der Waals surface area contributed by atoms with Gasteiger partial charge in [-0.3, -0.25) is 4.79 Å². The van der Waals surface area contributed by atoms with E-state index >= 15 is 0 Å². The molecule has 0 saturated heterocycles. The number of aryl methyl sites for hydroxylation is 1. The summed E-state index contributed by atoms with van der Waals surface area (Å²) in [6, 6.07) is 1.93. The largest absolute Gasteiger partial charge is 0.448 e. The van der Waals surface area contributed by atoms with Crippen molar-refractivity contribution in [2.24, 2.45) is 0 Å². The van der Waals surface area contributed by atoms with Gasteiger partial charge in [-0.05, 0) is 25.8 Å². The van der Waals surface area contributed by atoms with Crippen LogP contribution < -0.4 is 5.32 Å². The first-order valence-electron chi connectivity index (χ1n) is 5.54. The highest BCUT2D eigenvalue weighted by Gasteiger charge is 2.29. The Hall–Kier alpha value is -1.62. The Bertz CT molecular complexity index is 554.